The van der Waals surface area contributed by atoms with Gasteiger partial charge in [-0.25, -0.2) is 0 Å². The maximum absolute atomic E-state index is 9.71. The number of hydrogen-bond donors (Lipinski definition) is 1. The van der Waals surface area contributed by atoms with Crippen molar-refractivity contribution in [1.82, 2.24) is 4.90 Å². The quantitative estimate of drug-likeness (QED) is 0.652. The normalized spacial score (nSPS) is 40.8. The van der Waals surface area contributed by atoms with E-state index in [4.69, 9.17) is 5.26 Å². The molecule has 0 radical (unpaired) electrons. The number of hydrogen-bond acceptors (Lipinski definition) is 3. The number of nitriles is 1. The fourth-order valence-corrected chi connectivity index (χ4v) is 2.63. The van der Waals surface area contributed by atoms with Crippen molar-refractivity contribution in [2.75, 3.05) is 6.54 Å². The number of aliphatic hydroxyl groups excluding tert-OH is 1. The first kappa shape index (κ1) is 8.98. The average molecular weight is 180 g/mol. The summed E-state index contributed by atoms with van der Waals surface area (Å²) in [6.07, 6.45) is 5.01. The van der Waals surface area contributed by atoms with E-state index >= 15 is 0 Å². The predicted octanol–water partition coefficient (Wildman–Crippen LogP) is 0.888. The summed E-state index contributed by atoms with van der Waals surface area (Å²) in [5.74, 6) is 0. The van der Waals surface area contributed by atoms with Gasteiger partial charge in [-0.15, -0.1) is 0 Å². The molecule has 2 fully saturated rings. The Kier molecular flexibility index (Phi) is 2.52. The van der Waals surface area contributed by atoms with E-state index in [1.54, 1.807) is 0 Å². The van der Waals surface area contributed by atoms with Crippen molar-refractivity contribution in [1.29, 1.82) is 5.26 Å². The van der Waals surface area contributed by atoms with Crippen molar-refractivity contribution in [3.63, 3.8) is 0 Å². The molecule has 0 spiro atoms. The van der Waals surface area contributed by atoms with E-state index in [1.807, 2.05) is 0 Å². The number of rotatable bonds is 1. The van der Waals surface area contributed by atoms with Gasteiger partial charge in [-0.3, -0.25) is 4.90 Å². The topological polar surface area (TPSA) is 47.3 Å². The van der Waals surface area contributed by atoms with Crippen LogP contribution in [-0.4, -0.2) is 34.7 Å². The highest BCUT2D eigenvalue weighted by Gasteiger charge is 2.36. The van der Waals surface area contributed by atoms with Gasteiger partial charge < -0.3 is 5.11 Å². The maximum Gasteiger partial charge on any atom is 0.0981 e. The first-order chi connectivity index (χ1) is 6.33. The van der Waals surface area contributed by atoms with Gasteiger partial charge in [0.2, 0.25) is 0 Å². The third-order valence-corrected chi connectivity index (χ3v) is 3.31. The average Bonchev–Trinajstić information content (AvgIpc) is 2.71. The Morgan fingerprint density at radius 2 is 2.08 bits per heavy atom. The van der Waals surface area contributed by atoms with Crippen molar-refractivity contribution < 1.29 is 5.11 Å². The molecule has 0 aromatic rings. The van der Waals surface area contributed by atoms with E-state index < -0.39 is 0 Å². The number of aliphatic hydroxyl groups is 1. The smallest absolute Gasteiger partial charge is 0.0981 e. The molecule has 0 amide bonds. The lowest BCUT2D eigenvalue weighted by molar-refractivity contribution is 0.0739. The zero-order valence-corrected chi connectivity index (χ0v) is 7.82. The Labute approximate surface area is 79.0 Å². The van der Waals surface area contributed by atoms with Crippen LogP contribution in [0.25, 0.3) is 0 Å². The van der Waals surface area contributed by atoms with Gasteiger partial charge in [-0.05, 0) is 38.6 Å². The summed E-state index contributed by atoms with van der Waals surface area (Å²) < 4.78 is 0. The molecule has 3 nitrogen and oxygen atoms in total. The van der Waals surface area contributed by atoms with Gasteiger partial charge in [0, 0.05) is 6.04 Å². The third-order valence-electron chi connectivity index (χ3n) is 3.31. The molecular formula is C10H16N2O. The summed E-state index contributed by atoms with van der Waals surface area (Å²) in [6, 6.07) is 2.66. The molecule has 3 atom stereocenters. The largest absolute Gasteiger partial charge is 0.391 e. The van der Waals surface area contributed by atoms with E-state index in [2.05, 4.69) is 11.0 Å². The van der Waals surface area contributed by atoms with Crippen LogP contribution in [0.1, 0.15) is 32.1 Å². The monoisotopic (exact) mass is 180 g/mol. The Bertz CT molecular complexity index is 223. The molecule has 1 aliphatic carbocycles. The molecule has 13 heavy (non-hydrogen) atoms. The van der Waals surface area contributed by atoms with E-state index in [0.717, 1.165) is 38.6 Å². The zero-order chi connectivity index (χ0) is 9.26. The lowest BCUT2D eigenvalue weighted by Gasteiger charge is -2.28. The summed E-state index contributed by atoms with van der Waals surface area (Å²) in [7, 11) is 0. The zero-order valence-electron chi connectivity index (χ0n) is 7.82. The second kappa shape index (κ2) is 3.65. The first-order valence-corrected chi connectivity index (χ1v) is 5.16. The van der Waals surface area contributed by atoms with Gasteiger partial charge in [0.25, 0.3) is 0 Å². The van der Waals surface area contributed by atoms with Crippen LogP contribution in [-0.2, 0) is 0 Å². The molecule has 1 aliphatic heterocycles. The van der Waals surface area contributed by atoms with E-state index in [-0.39, 0.29) is 18.2 Å². The van der Waals surface area contributed by atoms with Crippen molar-refractivity contribution >= 4 is 0 Å². The summed E-state index contributed by atoms with van der Waals surface area (Å²) in [6.45, 7) is 1.000. The minimum absolute atomic E-state index is 0.0674. The predicted molar refractivity (Wildman–Crippen MR) is 49.0 cm³/mol. The molecule has 72 valence electrons. The SMILES string of the molecule is N#CC1CCCN1C1CCCC1O. The van der Waals surface area contributed by atoms with Gasteiger partial charge >= 0.3 is 0 Å². The van der Waals surface area contributed by atoms with Crippen molar-refractivity contribution in [2.45, 2.75) is 50.3 Å². The molecule has 0 aromatic carbocycles. The van der Waals surface area contributed by atoms with Crippen molar-refractivity contribution in [2.24, 2.45) is 0 Å². The standard InChI is InChI=1S/C10H16N2O/c11-7-8-3-2-6-12(8)9-4-1-5-10(9)13/h8-10,13H,1-6H2. The minimum atomic E-state index is -0.186. The number of nitrogens with zero attached hydrogens (tertiary/aromatic N) is 2. The first-order valence-electron chi connectivity index (χ1n) is 5.16. The highest BCUT2D eigenvalue weighted by Crippen LogP contribution is 2.29. The number of likely N-dealkylation sites (tertiary alicyclic amines) is 1. The Morgan fingerprint density at radius 3 is 2.69 bits per heavy atom. The Hall–Kier alpha value is -0.590. The second-order valence-corrected chi connectivity index (χ2v) is 4.09. The van der Waals surface area contributed by atoms with Gasteiger partial charge in [-0.1, -0.05) is 0 Å². The lowest BCUT2D eigenvalue weighted by atomic mass is 10.1. The molecule has 0 bridgehead atoms. The summed E-state index contributed by atoms with van der Waals surface area (Å²) in [4.78, 5) is 2.21. The molecule has 1 saturated heterocycles. The van der Waals surface area contributed by atoms with Crippen molar-refractivity contribution in [3.8, 4) is 6.07 Å². The molecule has 2 aliphatic rings. The molecule has 3 unspecified atom stereocenters. The van der Waals surface area contributed by atoms with E-state index in [0.29, 0.717) is 0 Å². The molecule has 1 heterocycles. The van der Waals surface area contributed by atoms with Crippen LogP contribution in [0.15, 0.2) is 0 Å². The maximum atomic E-state index is 9.71. The Balaban J connectivity index is 2.03. The van der Waals surface area contributed by atoms with Gasteiger partial charge in [0.1, 0.15) is 0 Å². The van der Waals surface area contributed by atoms with E-state index in [9.17, 15) is 5.11 Å². The van der Waals surface area contributed by atoms with E-state index in [1.165, 1.54) is 0 Å². The fourth-order valence-electron chi connectivity index (χ4n) is 2.63. The van der Waals surface area contributed by atoms with Crippen LogP contribution in [0.4, 0.5) is 0 Å². The fraction of sp³-hybridized carbons (Fsp3) is 0.900. The van der Waals surface area contributed by atoms with Crippen LogP contribution in [0, 0.1) is 11.3 Å². The van der Waals surface area contributed by atoms with Crippen LogP contribution in [0.3, 0.4) is 0 Å². The molecule has 1 saturated carbocycles. The highest BCUT2D eigenvalue weighted by atomic mass is 16.3. The third kappa shape index (κ3) is 1.56. The van der Waals surface area contributed by atoms with Gasteiger partial charge in [0.15, 0.2) is 0 Å². The Morgan fingerprint density at radius 1 is 1.23 bits per heavy atom. The van der Waals surface area contributed by atoms with Gasteiger partial charge in [0.05, 0.1) is 18.2 Å². The summed E-state index contributed by atoms with van der Waals surface area (Å²) in [5, 5.41) is 18.6. The minimum Gasteiger partial charge on any atom is -0.391 e. The van der Waals surface area contributed by atoms with Gasteiger partial charge in [-0.2, -0.15) is 5.26 Å². The molecular weight excluding hydrogens is 164 g/mol. The molecule has 0 aromatic heterocycles. The molecule has 2 rings (SSSR count). The van der Waals surface area contributed by atoms with Crippen LogP contribution >= 0.6 is 0 Å². The summed E-state index contributed by atoms with van der Waals surface area (Å²) in [5.41, 5.74) is 0. The van der Waals surface area contributed by atoms with Crippen molar-refractivity contribution in [3.05, 3.63) is 0 Å². The molecule has 3 heteroatoms. The highest BCUT2D eigenvalue weighted by molar-refractivity contribution is 5.01. The second-order valence-electron chi connectivity index (χ2n) is 4.09. The lowest BCUT2D eigenvalue weighted by Crippen LogP contribution is -2.42. The summed E-state index contributed by atoms with van der Waals surface area (Å²) >= 11 is 0. The molecule has 1 N–H and O–H groups in total. The van der Waals surface area contributed by atoms with Crippen LogP contribution in [0.5, 0.6) is 0 Å². The van der Waals surface area contributed by atoms with Crippen LogP contribution in [0.2, 0.25) is 0 Å². The van der Waals surface area contributed by atoms with Crippen LogP contribution < -0.4 is 0 Å².